The maximum atomic E-state index is 13.3. The van der Waals surface area contributed by atoms with Gasteiger partial charge in [0.25, 0.3) is 11.7 Å². The van der Waals surface area contributed by atoms with Gasteiger partial charge in [0.15, 0.2) is 0 Å². The molecule has 3 aromatic rings. The van der Waals surface area contributed by atoms with Crippen LogP contribution in [0.4, 0.5) is 0 Å². The molecule has 1 fully saturated rings. The number of aliphatic hydroxyl groups is 1. The van der Waals surface area contributed by atoms with E-state index in [1.165, 1.54) is 0 Å². The highest BCUT2D eigenvalue weighted by molar-refractivity contribution is 9.10. The number of benzene rings is 3. The number of aryl methyl sites for hydroxylation is 1. The van der Waals surface area contributed by atoms with Crippen LogP contribution in [0.25, 0.3) is 5.76 Å². The second-order valence-electron chi connectivity index (χ2n) is 9.32. The minimum atomic E-state index is -0.674. The molecule has 0 aliphatic carbocycles. The molecular formula is C31H33BrN2O4. The fourth-order valence-corrected chi connectivity index (χ4v) is 5.03. The molecule has 0 bridgehead atoms. The molecule has 38 heavy (non-hydrogen) atoms. The number of Topliss-reactive ketones (excluding diaryl/α,β-unsaturated/α-hetero) is 1. The lowest BCUT2D eigenvalue weighted by atomic mass is 9.94. The lowest BCUT2D eigenvalue weighted by Gasteiger charge is -2.28. The fourth-order valence-electron chi connectivity index (χ4n) is 4.77. The predicted octanol–water partition coefficient (Wildman–Crippen LogP) is 6.10. The van der Waals surface area contributed by atoms with Crippen LogP contribution in [0.15, 0.2) is 82.8 Å². The van der Waals surface area contributed by atoms with Gasteiger partial charge in [-0.2, -0.15) is 0 Å². The average molecular weight is 578 g/mol. The quantitative estimate of drug-likeness (QED) is 0.179. The Hall–Kier alpha value is -3.42. The van der Waals surface area contributed by atoms with Crippen LogP contribution in [0.5, 0.6) is 5.75 Å². The number of ether oxygens (including phenoxy) is 1. The van der Waals surface area contributed by atoms with Crippen LogP contribution in [-0.2, 0) is 16.2 Å². The molecule has 3 aromatic carbocycles. The van der Waals surface area contributed by atoms with Crippen LogP contribution in [0.3, 0.4) is 0 Å². The van der Waals surface area contributed by atoms with Gasteiger partial charge in [-0.05, 0) is 67.0 Å². The van der Waals surface area contributed by atoms with E-state index in [-0.39, 0.29) is 11.3 Å². The van der Waals surface area contributed by atoms with Gasteiger partial charge in [-0.3, -0.25) is 9.59 Å². The molecular weight excluding hydrogens is 544 g/mol. The number of likely N-dealkylation sites (N-methyl/N-ethyl adjacent to an activating group) is 1. The summed E-state index contributed by atoms with van der Waals surface area (Å²) < 4.78 is 6.82. The van der Waals surface area contributed by atoms with Crippen molar-refractivity contribution >= 4 is 33.4 Å². The van der Waals surface area contributed by atoms with Gasteiger partial charge in [0, 0.05) is 23.1 Å². The Morgan fingerprint density at radius 1 is 1.00 bits per heavy atom. The van der Waals surface area contributed by atoms with E-state index < -0.39 is 17.7 Å². The normalized spacial score (nSPS) is 16.9. The van der Waals surface area contributed by atoms with E-state index >= 15 is 0 Å². The van der Waals surface area contributed by atoms with E-state index in [0.29, 0.717) is 31.0 Å². The summed E-state index contributed by atoms with van der Waals surface area (Å²) in [5.41, 5.74) is 3.18. The summed E-state index contributed by atoms with van der Waals surface area (Å²) in [6, 6.07) is 22.1. The van der Waals surface area contributed by atoms with Crippen molar-refractivity contribution in [3.63, 3.8) is 0 Å². The highest BCUT2D eigenvalue weighted by atomic mass is 79.9. The van der Waals surface area contributed by atoms with E-state index in [1.807, 2.05) is 67.6 Å². The van der Waals surface area contributed by atoms with Gasteiger partial charge in [-0.1, -0.05) is 72.2 Å². The molecule has 0 aromatic heterocycles. The molecule has 0 unspecified atom stereocenters. The minimum Gasteiger partial charge on any atom is -0.507 e. The highest BCUT2D eigenvalue weighted by Gasteiger charge is 2.46. The number of likely N-dealkylation sites (tertiary alicyclic amines) is 1. The smallest absolute Gasteiger partial charge is 0.295 e. The molecule has 1 aliphatic rings. The van der Waals surface area contributed by atoms with E-state index in [4.69, 9.17) is 4.74 Å². The van der Waals surface area contributed by atoms with Gasteiger partial charge in [-0.15, -0.1) is 0 Å². The predicted molar refractivity (Wildman–Crippen MR) is 153 cm³/mol. The summed E-state index contributed by atoms with van der Waals surface area (Å²) in [6.07, 6.45) is 0. The molecule has 1 saturated heterocycles. The molecule has 1 aliphatic heterocycles. The molecule has 1 N–H and O–H groups in total. The van der Waals surface area contributed by atoms with E-state index in [0.717, 1.165) is 34.3 Å². The zero-order chi connectivity index (χ0) is 27.2. The van der Waals surface area contributed by atoms with Crippen molar-refractivity contribution in [2.45, 2.75) is 33.4 Å². The first-order chi connectivity index (χ1) is 18.3. The molecule has 1 atom stereocenters. The largest absolute Gasteiger partial charge is 0.507 e. The first kappa shape index (κ1) is 27.6. The van der Waals surface area contributed by atoms with Crippen molar-refractivity contribution in [1.82, 2.24) is 9.80 Å². The minimum absolute atomic E-state index is 0.109. The number of hydrogen-bond acceptors (Lipinski definition) is 5. The number of carbonyl (C=O) groups is 2. The van der Waals surface area contributed by atoms with Crippen molar-refractivity contribution in [1.29, 1.82) is 0 Å². The maximum absolute atomic E-state index is 13.3. The zero-order valence-electron chi connectivity index (χ0n) is 22.0. The number of aliphatic hydroxyl groups excluding tert-OH is 1. The number of nitrogens with zero attached hydrogens (tertiary/aromatic N) is 2. The van der Waals surface area contributed by atoms with Gasteiger partial charge < -0.3 is 19.6 Å². The summed E-state index contributed by atoms with van der Waals surface area (Å²) in [5.74, 6) is -0.772. The van der Waals surface area contributed by atoms with Gasteiger partial charge >= 0.3 is 0 Å². The number of amides is 1. The van der Waals surface area contributed by atoms with Gasteiger partial charge in [0.1, 0.15) is 18.1 Å². The van der Waals surface area contributed by atoms with Crippen LogP contribution in [0, 0.1) is 6.92 Å². The Kier molecular flexibility index (Phi) is 9.02. The lowest BCUT2D eigenvalue weighted by Crippen LogP contribution is -2.38. The van der Waals surface area contributed by atoms with Crippen LogP contribution >= 0.6 is 15.9 Å². The second kappa shape index (κ2) is 12.4. The highest BCUT2D eigenvalue weighted by Crippen LogP contribution is 2.40. The standard InChI is InChI=1S/C31H33BrN2O4/c1-4-33(5-2)17-18-34-28(23-11-13-24(32)14-12-23)27(30(36)31(34)37)29(35)26-16-15-25(19-21(26)3)38-20-22-9-7-6-8-10-22/h6-16,19,28,35H,4-5,17-18,20H2,1-3H3/t28-/m1/s1. The number of rotatable bonds is 10. The maximum Gasteiger partial charge on any atom is 0.295 e. The van der Waals surface area contributed by atoms with Gasteiger partial charge in [0.2, 0.25) is 0 Å². The van der Waals surface area contributed by atoms with E-state index in [2.05, 4.69) is 34.7 Å². The number of ketones is 1. The van der Waals surface area contributed by atoms with Crippen molar-refractivity contribution in [2.75, 3.05) is 26.2 Å². The monoisotopic (exact) mass is 576 g/mol. The Morgan fingerprint density at radius 3 is 2.32 bits per heavy atom. The molecule has 4 rings (SSSR count). The van der Waals surface area contributed by atoms with Crippen LogP contribution in [-0.4, -0.2) is 52.8 Å². The summed E-state index contributed by atoms with van der Waals surface area (Å²) in [4.78, 5) is 30.4. The number of carbonyl (C=O) groups excluding carboxylic acids is 2. The number of halogens is 1. The zero-order valence-corrected chi connectivity index (χ0v) is 23.6. The molecule has 6 nitrogen and oxygen atoms in total. The summed E-state index contributed by atoms with van der Waals surface area (Å²) >= 11 is 3.46. The Labute approximate surface area is 232 Å². The molecule has 1 heterocycles. The summed E-state index contributed by atoms with van der Waals surface area (Å²) in [7, 11) is 0. The lowest BCUT2D eigenvalue weighted by molar-refractivity contribution is -0.140. The Morgan fingerprint density at radius 2 is 1.68 bits per heavy atom. The van der Waals surface area contributed by atoms with Crippen molar-refractivity contribution in [2.24, 2.45) is 0 Å². The Balaban J connectivity index is 1.69. The van der Waals surface area contributed by atoms with Gasteiger partial charge in [0.05, 0.1) is 11.6 Å². The molecule has 0 saturated carbocycles. The third kappa shape index (κ3) is 6.00. The summed E-state index contributed by atoms with van der Waals surface area (Å²) in [5, 5.41) is 11.5. The van der Waals surface area contributed by atoms with Crippen molar-refractivity contribution in [3.8, 4) is 5.75 Å². The topological polar surface area (TPSA) is 70.1 Å². The SMILES string of the molecule is CCN(CC)CCN1C(=O)C(=O)C(=C(O)c2ccc(OCc3ccccc3)cc2C)[C@H]1c1ccc(Br)cc1. The third-order valence-corrected chi connectivity index (χ3v) is 7.51. The molecule has 1 amide bonds. The third-order valence-electron chi connectivity index (χ3n) is 6.98. The Bertz CT molecular complexity index is 1320. The van der Waals surface area contributed by atoms with E-state index in [9.17, 15) is 14.7 Å². The van der Waals surface area contributed by atoms with Crippen LogP contribution in [0.1, 0.15) is 42.1 Å². The number of hydrogen-bond donors (Lipinski definition) is 1. The molecule has 0 radical (unpaired) electrons. The second-order valence-corrected chi connectivity index (χ2v) is 10.2. The van der Waals surface area contributed by atoms with Crippen LogP contribution in [0.2, 0.25) is 0 Å². The molecule has 0 spiro atoms. The summed E-state index contributed by atoms with van der Waals surface area (Å²) in [6.45, 7) is 9.14. The van der Waals surface area contributed by atoms with Crippen molar-refractivity contribution < 1.29 is 19.4 Å². The first-order valence-electron chi connectivity index (χ1n) is 12.9. The first-order valence-corrected chi connectivity index (χ1v) is 13.7. The fraction of sp³-hybridized carbons (Fsp3) is 0.290. The average Bonchev–Trinajstić information content (AvgIpc) is 3.18. The molecule has 7 heteroatoms. The molecule has 198 valence electrons. The van der Waals surface area contributed by atoms with Crippen molar-refractivity contribution in [3.05, 3.63) is 105 Å². The van der Waals surface area contributed by atoms with Crippen LogP contribution < -0.4 is 4.74 Å². The van der Waals surface area contributed by atoms with Gasteiger partial charge in [-0.25, -0.2) is 0 Å². The van der Waals surface area contributed by atoms with E-state index in [1.54, 1.807) is 17.0 Å².